The standard InChI is InChI=1S/C12H19N3OS/c1-2-10-4-3-6-15(8-10)9-11(16)14-12-13-5-7-17-12/h5,7,10H,2-4,6,8-9H2,1H3,(H,13,14,16). The summed E-state index contributed by atoms with van der Waals surface area (Å²) in [5.74, 6) is 0.813. The Balaban J connectivity index is 1.78. The Morgan fingerprint density at radius 2 is 2.59 bits per heavy atom. The summed E-state index contributed by atoms with van der Waals surface area (Å²) >= 11 is 1.46. The predicted molar refractivity (Wildman–Crippen MR) is 70.2 cm³/mol. The summed E-state index contributed by atoms with van der Waals surface area (Å²) in [6.07, 6.45) is 5.43. The number of hydrogen-bond donors (Lipinski definition) is 1. The lowest BCUT2D eigenvalue weighted by Gasteiger charge is -2.31. The Morgan fingerprint density at radius 3 is 3.29 bits per heavy atom. The van der Waals surface area contributed by atoms with Crippen LogP contribution in [0.4, 0.5) is 5.13 Å². The maximum absolute atomic E-state index is 11.8. The molecule has 1 aliphatic rings. The van der Waals surface area contributed by atoms with Crippen molar-refractivity contribution in [1.82, 2.24) is 9.88 Å². The van der Waals surface area contributed by atoms with Crippen LogP contribution < -0.4 is 5.32 Å². The van der Waals surface area contributed by atoms with E-state index in [1.807, 2.05) is 5.38 Å². The lowest BCUT2D eigenvalue weighted by atomic mass is 9.96. The fourth-order valence-corrected chi connectivity index (χ4v) is 2.82. The summed E-state index contributed by atoms with van der Waals surface area (Å²) in [6, 6.07) is 0. The van der Waals surface area contributed by atoms with Crippen LogP contribution in [0, 0.1) is 5.92 Å². The number of thiazole rings is 1. The highest BCUT2D eigenvalue weighted by Crippen LogP contribution is 2.19. The van der Waals surface area contributed by atoms with Gasteiger partial charge in [0.15, 0.2) is 5.13 Å². The molecule has 2 rings (SSSR count). The molecule has 2 heterocycles. The second kappa shape index (κ2) is 6.12. The first kappa shape index (κ1) is 12.5. The van der Waals surface area contributed by atoms with Gasteiger partial charge in [-0.25, -0.2) is 4.98 Å². The number of nitrogens with one attached hydrogen (secondary N) is 1. The fourth-order valence-electron chi connectivity index (χ4n) is 2.28. The molecule has 94 valence electrons. The van der Waals surface area contributed by atoms with E-state index in [0.29, 0.717) is 11.7 Å². The Kier molecular flexibility index (Phi) is 4.50. The predicted octanol–water partition coefficient (Wildman–Crippen LogP) is 2.20. The molecule has 1 fully saturated rings. The van der Waals surface area contributed by atoms with Gasteiger partial charge in [-0.15, -0.1) is 11.3 Å². The van der Waals surface area contributed by atoms with E-state index in [2.05, 4.69) is 22.1 Å². The fraction of sp³-hybridized carbons (Fsp3) is 0.667. The minimum absolute atomic E-state index is 0.0525. The molecule has 1 saturated heterocycles. The summed E-state index contributed by atoms with van der Waals surface area (Å²) in [5, 5.41) is 5.39. The first-order valence-corrected chi connectivity index (χ1v) is 7.07. The number of carbonyl (C=O) groups is 1. The molecule has 1 N–H and O–H groups in total. The highest BCUT2D eigenvalue weighted by atomic mass is 32.1. The van der Waals surface area contributed by atoms with Gasteiger partial charge < -0.3 is 5.32 Å². The first-order valence-electron chi connectivity index (χ1n) is 6.19. The minimum Gasteiger partial charge on any atom is -0.301 e. The van der Waals surface area contributed by atoms with Crippen molar-refractivity contribution in [2.75, 3.05) is 25.0 Å². The van der Waals surface area contributed by atoms with Crippen LogP contribution in [0.5, 0.6) is 0 Å². The summed E-state index contributed by atoms with van der Waals surface area (Å²) in [4.78, 5) is 18.1. The first-order chi connectivity index (χ1) is 8.28. The van der Waals surface area contributed by atoms with Gasteiger partial charge in [0, 0.05) is 18.1 Å². The van der Waals surface area contributed by atoms with Crippen LogP contribution in [0.2, 0.25) is 0 Å². The van der Waals surface area contributed by atoms with Crippen LogP contribution in [0.25, 0.3) is 0 Å². The number of anilines is 1. The maximum Gasteiger partial charge on any atom is 0.240 e. The Labute approximate surface area is 106 Å². The van der Waals surface area contributed by atoms with Gasteiger partial charge in [-0.1, -0.05) is 13.3 Å². The quantitative estimate of drug-likeness (QED) is 0.894. The molecule has 0 aliphatic carbocycles. The van der Waals surface area contributed by atoms with Crippen LogP contribution >= 0.6 is 11.3 Å². The van der Waals surface area contributed by atoms with Crippen molar-refractivity contribution in [3.63, 3.8) is 0 Å². The molecule has 1 aromatic rings. The zero-order valence-electron chi connectivity index (χ0n) is 10.2. The van der Waals surface area contributed by atoms with E-state index in [9.17, 15) is 4.79 Å². The third kappa shape index (κ3) is 3.78. The van der Waals surface area contributed by atoms with Gasteiger partial charge in [-0.05, 0) is 25.3 Å². The van der Waals surface area contributed by atoms with E-state index in [-0.39, 0.29) is 5.91 Å². The number of likely N-dealkylation sites (tertiary alicyclic amines) is 1. The second-order valence-electron chi connectivity index (χ2n) is 4.54. The van der Waals surface area contributed by atoms with Crippen LogP contribution in [0.15, 0.2) is 11.6 Å². The average molecular weight is 253 g/mol. The van der Waals surface area contributed by atoms with E-state index in [4.69, 9.17) is 0 Å². The summed E-state index contributed by atoms with van der Waals surface area (Å²) < 4.78 is 0. The molecule has 1 aromatic heterocycles. The van der Waals surface area contributed by atoms with Crippen molar-refractivity contribution in [3.8, 4) is 0 Å². The van der Waals surface area contributed by atoms with Crippen molar-refractivity contribution >= 4 is 22.4 Å². The molecule has 0 radical (unpaired) electrons. The van der Waals surface area contributed by atoms with Crippen molar-refractivity contribution in [2.24, 2.45) is 5.92 Å². The number of rotatable bonds is 4. The van der Waals surface area contributed by atoms with Gasteiger partial charge in [0.25, 0.3) is 0 Å². The van der Waals surface area contributed by atoms with Crippen LogP contribution in [-0.4, -0.2) is 35.4 Å². The van der Waals surface area contributed by atoms with E-state index in [0.717, 1.165) is 19.0 Å². The van der Waals surface area contributed by atoms with E-state index >= 15 is 0 Å². The Bertz CT molecular complexity index is 353. The largest absolute Gasteiger partial charge is 0.301 e. The molecule has 1 aliphatic heterocycles. The van der Waals surface area contributed by atoms with E-state index in [1.165, 1.54) is 30.6 Å². The summed E-state index contributed by atoms with van der Waals surface area (Å²) in [6.45, 7) is 4.82. The third-order valence-corrected chi connectivity index (χ3v) is 3.91. The van der Waals surface area contributed by atoms with Crippen molar-refractivity contribution in [1.29, 1.82) is 0 Å². The number of nitrogens with zero attached hydrogens (tertiary/aromatic N) is 2. The molecule has 1 amide bonds. The maximum atomic E-state index is 11.8. The second-order valence-corrected chi connectivity index (χ2v) is 5.43. The average Bonchev–Trinajstić information content (AvgIpc) is 2.82. The van der Waals surface area contributed by atoms with E-state index < -0.39 is 0 Å². The highest BCUT2D eigenvalue weighted by molar-refractivity contribution is 7.13. The molecule has 5 heteroatoms. The summed E-state index contributed by atoms with van der Waals surface area (Å²) in [7, 11) is 0. The monoisotopic (exact) mass is 253 g/mol. The molecule has 0 saturated carbocycles. The molecular formula is C12H19N3OS. The molecular weight excluding hydrogens is 234 g/mol. The normalized spacial score (nSPS) is 21.4. The van der Waals surface area contributed by atoms with Crippen LogP contribution in [0.1, 0.15) is 26.2 Å². The Morgan fingerprint density at radius 1 is 1.71 bits per heavy atom. The molecule has 0 spiro atoms. The number of amides is 1. The smallest absolute Gasteiger partial charge is 0.240 e. The highest BCUT2D eigenvalue weighted by Gasteiger charge is 2.20. The molecule has 17 heavy (non-hydrogen) atoms. The summed E-state index contributed by atoms with van der Waals surface area (Å²) in [5.41, 5.74) is 0. The minimum atomic E-state index is 0.0525. The molecule has 0 bridgehead atoms. The molecule has 1 unspecified atom stereocenters. The van der Waals surface area contributed by atoms with Gasteiger partial charge in [0.1, 0.15) is 0 Å². The Hall–Kier alpha value is -0.940. The van der Waals surface area contributed by atoms with E-state index in [1.54, 1.807) is 6.20 Å². The molecule has 4 nitrogen and oxygen atoms in total. The topological polar surface area (TPSA) is 45.2 Å². The zero-order valence-corrected chi connectivity index (χ0v) is 11.0. The van der Waals surface area contributed by atoms with Gasteiger partial charge in [-0.2, -0.15) is 0 Å². The number of aromatic nitrogens is 1. The SMILES string of the molecule is CCC1CCCN(CC(=O)Nc2nccs2)C1. The third-order valence-electron chi connectivity index (χ3n) is 3.23. The lowest BCUT2D eigenvalue weighted by Crippen LogP contribution is -2.40. The van der Waals surface area contributed by atoms with Gasteiger partial charge in [0.2, 0.25) is 5.91 Å². The lowest BCUT2D eigenvalue weighted by molar-refractivity contribution is -0.117. The van der Waals surface area contributed by atoms with Crippen LogP contribution in [-0.2, 0) is 4.79 Å². The van der Waals surface area contributed by atoms with Crippen molar-refractivity contribution in [2.45, 2.75) is 26.2 Å². The van der Waals surface area contributed by atoms with Crippen molar-refractivity contribution < 1.29 is 4.79 Å². The van der Waals surface area contributed by atoms with Gasteiger partial charge in [0.05, 0.1) is 6.54 Å². The van der Waals surface area contributed by atoms with Gasteiger partial charge >= 0.3 is 0 Å². The molecule has 1 atom stereocenters. The number of piperidine rings is 1. The van der Waals surface area contributed by atoms with Crippen LogP contribution in [0.3, 0.4) is 0 Å². The number of hydrogen-bond acceptors (Lipinski definition) is 4. The van der Waals surface area contributed by atoms with Crippen molar-refractivity contribution in [3.05, 3.63) is 11.6 Å². The zero-order chi connectivity index (χ0) is 12.1. The number of carbonyl (C=O) groups excluding carboxylic acids is 1. The molecule has 0 aromatic carbocycles. The van der Waals surface area contributed by atoms with Gasteiger partial charge in [-0.3, -0.25) is 9.69 Å².